The van der Waals surface area contributed by atoms with Crippen LogP contribution in [0.2, 0.25) is 0 Å². The van der Waals surface area contributed by atoms with E-state index in [-0.39, 0.29) is 5.89 Å². The zero-order valence-electron chi connectivity index (χ0n) is 11.9. The molecule has 2 N–H and O–H groups in total. The molecule has 0 radical (unpaired) electrons. The quantitative estimate of drug-likeness (QED) is 0.789. The molecule has 3 aromatic rings. The first-order valence-corrected chi connectivity index (χ1v) is 6.79. The summed E-state index contributed by atoms with van der Waals surface area (Å²) in [5.74, 6) is 1.23. The van der Waals surface area contributed by atoms with E-state index in [0.717, 1.165) is 12.0 Å². The van der Waals surface area contributed by atoms with Crippen molar-refractivity contribution in [3.05, 3.63) is 29.8 Å². The number of nitrogens with two attached hydrogens (primary N) is 1. The van der Waals surface area contributed by atoms with Gasteiger partial charge in [0.2, 0.25) is 5.82 Å². The minimum Gasteiger partial charge on any atom is -0.382 e. The van der Waals surface area contributed by atoms with Crippen molar-refractivity contribution in [3.63, 3.8) is 0 Å². The normalized spacial score (nSPS) is 11.0. The number of hydrogen-bond donors (Lipinski definition) is 1. The van der Waals surface area contributed by atoms with Gasteiger partial charge in [0, 0.05) is 12.1 Å². The topological polar surface area (TPSA) is 95.6 Å². The highest BCUT2D eigenvalue weighted by Gasteiger charge is 2.18. The van der Waals surface area contributed by atoms with E-state index in [2.05, 4.69) is 20.5 Å². The minimum absolute atomic E-state index is 0.283. The van der Waals surface area contributed by atoms with Crippen molar-refractivity contribution in [2.45, 2.75) is 26.8 Å². The summed E-state index contributed by atoms with van der Waals surface area (Å²) in [6.07, 6.45) is 0.922. The monoisotopic (exact) mass is 284 g/mol. The zero-order chi connectivity index (χ0) is 14.8. The highest BCUT2D eigenvalue weighted by atomic mass is 16.5. The molecule has 21 heavy (non-hydrogen) atoms. The molecule has 3 rings (SSSR count). The van der Waals surface area contributed by atoms with Crippen molar-refractivity contribution in [1.29, 1.82) is 0 Å². The van der Waals surface area contributed by atoms with E-state index in [1.54, 1.807) is 4.68 Å². The fraction of sp³-hybridized carbons (Fsp3) is 0.286. The minimum atomic E-state index is 0.283. The molecule has 0 saturated carbocycles. The first-order chi connectivity index (χ1) is 10.2. The Labute approximate surface area is 121 Å². The summed E-state index contributed by atoms with van der Waals surface area (Å²) < 4.78 is 6.88. The average Bonchev–Trinajstić information content (AvgIpc) is 3.08. The van der Waals surface area contributed by atoms with Gasteiger partial charge in [-0.3, -0.25) is 0 Å². The van der Waals surface area contributed by atoms with Crippen LogP contribution in [0.4, 0.5) is 5.82 Å². The van der Waals surface area contributed by atoms with Gasteiger partial charge >= 0.3 is 0 Å². The Balaban J connectivity index is 1.93. The summed E-state index contributed by atoms with van der Waals surface area (Å²) in [4.78, 5) is 4.34. The smallest absolute Gasteiger partial charge is 0.282 e. The van der Waals surface area contributed by atoms with Gasteiger partial charge in [0.1, 0.15) is 0 Å². The van der Waals surface area contributed by atoms with Gasteiger partial charge in [-0.05, 0) is 13.3 Å². The maximum Gasteiger partial charge on any atom is 0.282 e. The molecular weight excluding hydrogens is 268 g/mol. The summed E-state index contributed by atoms with van der Waals surface area (Å²) in [7, 11) is 0. The van der Waals surface area contributed by atoms with Gasteiger partial charge in [0.05, 0.1) is 0 Å². The van der Waals surface area contributed by atoms with Crippen LogP contribution >= 0.6 is 0 Å². The Morgan fingerprint density at radius 2 is 2.00 bits per heavy atom. The molecular formula is C14H16N6O. The number of hydrogen-bond acceptors (Lipinski definition) is 6. The molecule has 7 nitrogen and oxygen atoms in total. The van der Waals surface area contributed by atoms with E-state index >= 15 is 0 Å². The van der Waals surface area contributed by atoms with Crippen LogP contribution in [0.3, 0.4) is 0 Å². The molecule has 2 heterocycles. The van der Waals surface area contributed by atoms with Crippen molar-refractivity contribution in [3.8, 4) is 23.0 Å². The largest absolute Gasteiger partial charge is 0.382 e. The first kappa shape index (κ1) is 13.3. The lowest BCUT2D eigenvalue weighted by molar-refractivity contribution is 0.431. The molecule has 0 aliphatic heterocycles. The summed E-state index contributed by atoms with van der Waals surface area (Å²) in [6, 6.07) is 7.89. The van der Waals surface area contributed by atoms with E-state index in [9.17, 15) is 0 Å². The van der Waals surface area contributed by atoms with Crippen LogP contribution in [-0.2, 0) is 6.54 Å². The molecule has 0 spiro atoms. The second-order valence-corrected chi connectivity index (χ2v) is 4.84. The molecule has 0 unspecified atom stereocenters. The van der Waals surface area contributed by atoms with Gasteiger partial charge in [-0.2, -0.15) is 4.98 Å². The van der Waals surface area contributed by atoms with Gasteiger partial charge in [-0.25, -0.2) is 4.68 Å². The van der Waals surface area contributed by atoms with Crippen LogP contribution in [0.1, 0.15) is 18.9 Å². The van der Waals surface area contributed by atoms with Gasteiger partial charge in [-0.15, -0.1) is 5.10 Å². The zero-order valence-corrected chi connectivity index (χ0v) is 11.9. The predicted octanol–water partition coefficient (Wildman–Crippen LogP) is 2.30. The second-order valence-electron chi connectivity index (χ2n) is 4.84. The molecule has 0 aliphatic rings. The summed E-state index contributed by atoms with van der Waals surface area (Å²) in [5.41, 5.74) is 8.48. The number of nitrogen functional groups attached to an aromatic ring is 1. The molecule has 1 aromatic carbocycles. The maximum absolute atomic E-state index is 6.00. The van der Waals surface area contributed by atoms with Crippen LogP contribution in [0.5, 0.6) is 0 Å². The van der Waals surface area contributed by atoms with Gasteiger partial charge < -0.3 is 10.3 Å². The van der Waals surface area contributed by atoms with Gasteiger partial charge in [0.15, 0.2) is 11.5 Å². The number of benzene rings is 1. The van der Waals surface area contributed by atoms with Crippen molar-refractivity contribution >= 4 is 5.82 Å². The summed E-state index contributed by atoms with van der Waals surface area (Å²) in [5, 5.41) is 12.0. The van der Waals surface area contributed by atoms with E-state index in [1.807, 2.05) is 38.1 Å². The summed E-state index contributed by atoms with van der Waals surface area (Å²) >= 11 is 0. The molecule has 0 atom stereocenters. The fourth-order valence-corrected chi connectivity index (χ4v) is 1.99. The highest BCUT2D eigenvalue weighted by Crippen LogP contribution is 2.24. The van der Waals surface area contributed by atoms with Crippen LogP contribution in [-0.4, -0.2) is 25.1 Å². The lowest BCUT2D eigenvalue weighted by Crippen LogP contribution is -2.04. The Kier molecular flexibility index (Phi) is 3.39. The highest BCUT2D eigenvalue weighted by molar-refractivity contribution is 5.64. The fourth-order valence-electron chi connectivity index (χ4n) is 1.99. The maximum atomic E-state index is 6.00. The molecule has 0 saturated heterocycles. The van der Waals surface area contributed by atoms with Gasteiger partial charge in [-0.1, -0.05) is 47.1 Å². The predicted molar refractivity (Wildman–Crippen MR) is 78.2 cm³/mol. The van der Waals surface area contributed by atoms with Crippen LogP contribution in [0.15, 0.2) is 28.8 Å². The van der Waals surface area contributed by atoms with Crippen molar-refractivity contribution in [2.24, 2.45) is 0 Å². The molecule has 7 heteroatoms. The van der Waals surface area contributed by atoms with Crippen LogP contribution in [0, 0.1) is 6.92 Å². The lowest BCUT2D eigenvalue weighted by Gasteiger charge is -1.98. The standard InChI is InChI=1S/C14H16N6O/c1-3-8-20-12(15)11(17-19-20)14-16-13(18-21-14)10-6-4-9(2)5-7-10/h4-7H,3,8,15H2,1-2H3. The molecule has 0 bridgehead atoms. The number of nitrogens with zero attached hydrogens (tertiary/aromatic N) is 5. The third-order valence-electron chi connectivity index (χ3n) is 3.15. The molecule has 0 fully saturated rings. The first-order valence-electron chi connectivity index (χ1n) is 6.79. The number of rotatable bonds is 4. The number of anilines is 1. The third-order valence-corrected chi connectivity index (χ3v) is 3.15. The Bertz CT molecular complexity index is 743. The van der Waals surface area contributed by atoms with Crippen molar-refractivity contribution < 1.29 is 4.52 Å². The van der Waals surface area contributed by atoms with E-state index < -0.39 is 0 Å². The summed E-state index contributed by atoms with van der Waals surface area (Å²) in [6.45, 7) is 4.78. The Morgan fingerprint density at radius 1 is 1.24 bits per heavy atom. The van der Waals surface area contributed by atoms with Crippen LogP contribution < -0.4 is 5.73 Å². The van der Waals surface area contributed by atoms with E-state index in [4.69, 9.17) is 10.3 Å². The van der Waals surface area contributed by atoms with E-state index in [0.29, 0.717) is 23.9 Å². The molecule has 0 amide bonds. The number of aromatic nitrogens is 5. The Hall–Kier alpha value is -2.70. The average molecular weight is 284 g/mol. The van der Waals surface area contributed by atoms with Crippen LogP contribution in [0.25, 0.3) is 23.0 Å². The molecule has 0 aliphatic carbocycles. The SMILES string of the molecule is CCCn1nnc(-c2nc(-c3ccc(C)cc3)no2)c1N. The van der Waals surface area contributed by atoms with Crippen molar-refractivity contribution in [2.75, 3.05) is 5.73 Å². The number of aryl methyl sites for hydroxylation is 2. The molecule has 108 valence electrons. The second kappa shape index (κ2) is 5.35. The Morgan fingerprint density at radius 3 is 2.71 bits per heavy atom. The third kappa shape index (κ3) is 2.49. The van der Waals surface area contributed by atoms with Gasteiger partial charge in [0.25, 0.3) is 5.89 Å². The lowest BCUT2D eigenvalue weighted by atomic mass is 10.1. The van der Waals surface area contributed by atoms with Crippen molar-refractivity contribution in [1.82, 2.24) is 25.1 Å². The molecule has 2 aromatic heterocycles. The van der Waals surface area contributed by atoms with E-state index in [1.165, 1.54) is 5.56 Å².